The largest absolute Gasteiger partial charge is 0.472 e. The number of hydrogen-bond donors (Lipinski definition) is 1. The fourth-order valence-corrected chi connectivity index (χ4v) is 2.90. The van der Waals surface area contributed by atoms with E-state index in [9.17, 15) is 4.79 Å². The SMILES string of the molecule is O=C(/C=C/c1ccoc1)NC1CN2CCC1CC2. The van der Waals surface area contributed by atoms with Crippen LogP contribution in [-0.2, 0) is 4.79 Å². The number of hydrogen-bond acceptors (Lipinski definition) is 3. The molecule has 3 aliphatic heterocycles. The van der Waals surface area contributed by atoms with E-state index < -0.39 is 0 Å². The number of carbonyl (C=O) groups excluding carboxylic acids is 1. The summed E-state index contributed by atoms with van der Waals surface area (Å²) >= 11 is 0. The fourth-order valence-electron chi connectivity index (χ4n) is 2.90. The van der Waals surface area contributed by atoms with Crippen molar-refractivity contribution in [2.24, 2.45) is 5.92 Å². The van der Waals surface area contributed by atoms with Gasteiger partial charge in [-0.1, -0.05) is 0 Å². The third-order valence-corrected chi connectivity index (χ3v) is 3.95. The highest BCUT2D eigenvalue weighted by Gasteiger charge is 2.34. The van der Waals surface area contributed by atoms with Crippen LogP contribution in [-0.4, -0.2) is 36.5 Å². The summed E-state index contributed by atoms with van der Waals surface area (Å²) < 4.78 is 4.95. The Bertz CT molecular complexity index is 431. The molecule has 1 aromatic rings. The number of nitrogens with zero attached hydrogens (tertiary/aromatic N) is 1. The van der Waals surface area contributed by atoms with Gasteiger partial charge in [0, 0.05) is 24.2 Å². The molecule has 4 nitrogen and oxygen atoms in total. The number of fused-ring (bicyclic) bond motifs is 3. The highest BCUT2D eigenvalue weighted by molar-refractivity contribution is 5.91. The summed E-state index contributed by atoms with van der Waals surface area (Å²) in [5.41, 5.74) is 0.916. The molecular formula is C14H18N2O2. The number of rotatable bonds is 3. The van der Waals surface area contributed by atoms with E-state index in [1.807, 2.05) is 6.07 Å². The van der Waals surface area contributed by atoms with Crippen LogP contribution in [0, 0.1) is 5.92 Å². The van der Waals surface area contributed by atoms with Crippen LogP contribution in [0.3, 0.4) is 0 Å². The number of piperidine rings is 3. The molecule has 1 atom stereocenters. The maximum absolute atomic E-state index is 11.8. The molecule has 96 valence electrons. The van der Waals surface area contributed by atoms with Crippen LogP contribution in [0.5, 0.6) is 0 Å². The van der Waals surface area contributed by atoms with Crippen LogP contribution in [0.2, 0.25) is 0 Å². The molecule has 0 spiro atoms. The molecule has 0 aliphatic carbocycles. The van der Waals surface area contributed by atoms with Crippen molar-refractivity contribution in [3.05, 3.63) is 30.2 Å². The molecule has 1 aromatic heterocycles. The minimum absolute atomic E-state index is 0.00468. The Balaban J connectivity index is 1.55. The average molecular weight is 246 g/mol. The molecule has 4 heterocycles. The van der Waals surface area contributed by atoms with Gasteiger partial charge in [-0.3, -0.25) is 4.79 Å². The van der Waals surface area contributed by atoms with Gasteiger partial charge in [0.2, 0.25) is 5.91 Å². The van der Waals surface area contributed by atoms with Crippen molar-refractivity contribution < 1.29 is 9.21 Å². The Morgan fingerprint density at radius 1 is 1.44 bits per heavy atom. The number of amides is 1. The van der Waals surface area contributed by atoms with Crippen LogP contribution >= 0.6 is 0 Å². The van der Waals surface area contributed by atoms with E-state index in [4.69, 9.17) is 4.42 Å². The molecule has 0 aromatic carbocycles. The van der Waals surface area contributed by atoms with Crippen molar-refractivity contribution in [3.8, 4) is 0 Å². The lowest BCUT2D eigenvalue weighted by Crippen LogP contribution is -2.57. The molecule has 1 unspecified atom stereocenters. The van der Waals surface area contributed by atoms with Crippen LogP contribution in [0.1, 0.15) is 18.4 Å². The molecule has 1 N–H and O–H groups in total. The first kappa shape index (κ1) is 11.5. The van der Waals surface area contributed by atoms with Crippen molar-refractivity contribution in [3.63, 3.8) is 0 Å². The van der Waals surface area contributed by atoms with Crippen LogP contribution in [0.4, 0.5) is 0 Å². The monoisotopic (exact) mass is 246 g/mol. The van der Waals surface area contributed by atoms with E-state index in [1.54, 1.807) is 24.7 Å². The molecule has 3 saturated heterocycles. The number of furan rings is 1. The number of carbonyl (C=O) groups is 1. The first-order chi connectivity index (χ1) is 8.81. The summed E-state index contributed by atoms with van der Waals surface area (Å²) in [4.78, 5) is 14.3. The summed E-state index contributed by atoms with van der Waals surface area (Å²) in [5.74, 6) is 0.663. The zero-order valence-corrected chi connectivity index (χ0v) is 10.3. The summed E-state index contributed by atoms with van der Waals surface area (Å²) in [5, 5.41) is 3.11. The summed E-state index contributed by atoms with van der Waals surface area (Å²) in [7, 11) is 0. The third-order valence-electron chi connectivity index (χ3n) is 3.95. The van der Waals surface area contributed by atoms with Crippen molar-refractivity contribution >= 4 is 12.0 Å². The minimum atomic E-state index is -0.00468. The lowest BCUT2D eigenvalue weighted by molar-refractivity contribution is -0.118. The van der Waals surface area contributed by atoms with Crippen molar-refractivity contribution in [1.82, 2.24) is 10.2 Å². The summed E-state index contributed by atoms with van der Waals surface area (Å²) in [6.07, 6.45) is 9.03. The van der Waals surface area contributed by atoms with Gasteiger partial charge < -0.3 is 14.6 Å². The highest BCUT2D eigenvalue weighted by Crippen LogP contribution is 2.27. The maximum Gasteiger partial charge on any atom is 0.244 e. The number of nitrogens with one attached hydrogen (secondary N) is 1. The van der Waals surface area contributed by atoms with Gasteiger partial charge in [0.25, 0.3) is 0 Å². The fraction of sp³-hybridized carbons (Fsp3) is 0.500. The van der Waals surface area contributed by atoms with E-state index in [2.05, 4.69) is 10.2 Å². The third kappa shape index (κ3) is 2.48. The summed E-state index contributed by atoms with van der Waals surface area (Å²) in [6.45, 7) is 3.40. The van der Waals surface area contributed by atoms with Crippen LogP contribution in [0.15, 0.2) is 29.1 Å². The molecule has 0 radical (unpaired) electrons. The first-order valence-corrected chi connectivity index (χ1v) is 6.54. The predicted octanol–water partition coefficient (Wildman–Crippen LogP) is 1.50. The zero-order valence-electron chi connectivity index (χ0n) is 10.3. The van der Waals surface area contributed by atoms with Gasteiger partial charge in [-0.05, 0) is 44.0 Å². The van der Waals surface area contributed by atoms with Gasteiger partial charge in [-0.15, -0.1) is 0 Å². The molecule has 3 aliphatic rings. The Morgan fingerprint density at radius 3 is 2.89 bits per heavy atom. The molecule has 0 saturated carbocycles. The summed E-state index contributed by atoms with van der Waals surface area (Å²) in [6, 6.07) is 2.16. The molecule has 4 heteroatoms. The Hall–Kier alpha value is -1.55. The lowest BCUT2D eigenvalue weighted by Gasteiger charge is -2.44. The van der Waals surface area contributed by atoms with Crippen molar-refractivity contribution in [2.45, 2.75) is 18.9 Å². The molecule has 1 amide bonds. The standard InChI is InChI=1S/C14H18N2O2/c17-14(2-1-11-5-8-18-10-11)15-13-9-16-6-3-12(13)4-7-16/h1-2,5,8,10,12-13H,3-4,6-7,9H2,(H,15,17)/b2-1+. The van der Waals surface area contributed by atoms with Gasteiger partial charge in [0.1, 0.15) is 0 Å². The highest BCUT2D eigenvalue weighted by atomic mass is 16.3. The Morgan fingerprint density at radius 2 is 2.28 bits per heavy atom. The second-order valence-electron chi connectivity index (χ2n) is 5.14. The Kier molecular flexibility index (Phi) is 3.19. The van der Waals surface area contributed by atoms with Crippen LogP contribution < -0.4 is 5.32 Å². The molecular weight excluding hydrogens is 228 g/mol. The van der Waals surface area contributed by atoms with Crippen molar-refractivity contribution in [2.75, 3.05) is 19.6 Å². The normalized spacial score (nSPS) is 30.8. The van der Waals surface area contributed by atoms with E-state index >= 15 is 0 Å². The van der Waals surface area contributed by atoms with Gasteiger partial charge in [-0.25, -0.2) is 0 Å². The maximum atomic E-state index is 11.8. The van der Waals surface area contributed by atoms with E-state index in [0.29, 0.717) is 12.0 Å². The molecule has 3 fully saturated rings. The van der Waals surface area contributed by atoms with Crippen molar-refractivity contribution in [1.29, 1.82) is 0 Å². The topological polar surface area (TPSA) is 45.5 Å². The van der Waals surface area contributed by atoms with E-state index in [1.165, 1.54) is 25.9 Å². The quantitative estimate of drug-likeness (QED) is 0.822. The second-order valence-corrected chi connectivity index (χ2v) is 5.14. The lowest BCUT2D eigenvalue weighted by atomic mass is 9.84. The van der Waals surface area contributed by atoms with Gasteiger partial charge in [-0.2, -0.15) is 0 Å². The zero-order chi connectivity index (χ0) is 12.4. The second kappa shape index (κ2) is 4.98. The van der Waals surface area contributed by atoms with Gasteiger partial charge in [0.05, 0.1) is 12.5 Å². The van der Waals surface area contributed by atoms with Gasteiger partial charge >= 0.3 is 0 Å². The van der Waals surface area contributed by atoms with E-state index in [0.717, 1.165) is 12.1 Å². The molecule has 18 heavy (non-hydrogen) atoms. The minimum Gasteiger partial charge on any atom is -0.472 e. The molecule has 2 bridgehead atoms. The predicted molar refractivity (Wildman–Crippen MR) is 68.8 cm³/mol. The first-order valence-electron chi connectivity index (χ1n) is 6.54. The smallest absolute Gasteiger partial charge is 0.244 e. The van der Waals surface area contributed by atoms with Gasteiger partial charge in [0.15, 0.2) is 0 Å². The Labute approximate surface area is 107 Å². The average Bonchev–Trinajstić information content (AvgIpc) is 2.91. The molecule has 4 rings (SSSR count). The van der Waals surface area contributed by atoms with E-state index in [-0.39, 0.29) is 5.91 Å². The van der Waals surface area contributed by atoms with Crippen LogP contribution in [0.25, 0.3) is 6.08 Å².